The summed E-state index contributed by atoms with van der Waals surface area (Å²) in [5, 5.41) is 0. The number of alkyl halides is 6. The first-order chi connectivity index (χ1) is 9.02. The van der Waals surface area contributed by atoms with Crippen LogP contribution >= 0.6 is 0 Å². The fourth-order valence-electron chi connectivity index (χ4n) is 1.79. The van der Waals surface area contributed by atoms with Crippen molar-refractivity contribution in [1.29, 1.82) is 0 Å². The Morgan fingerprint density at radius 2 is 1.45 bits per heavy atom. The van der Waals surface area contributed by atoms with Crippen LogP contribution in [-0.4, -0.2) is 13.1 Å². The summed E-state index contributed by atoms with van der Waals surface area (Å²) in [6, 6.07) is 0.750. The number of hydrogen-bond acceptors (Lipinski definition) is 2. The third kappa shape index (κ3) is 3.23. The predicted molar refractivity (Wildman–Crippen MR) is 57.2 cm³/mol. The molecule has 0 bridgehead atoms. The Hall–Kier alpha value is -1.73. The van der Waals surface area contributed by atoms with Crippen molar-refractivity contribution in [3.8, 4) is 0 Å². The van der Waals surface area contributed by atoms with Gasteiger partial charge in [0.25, 0.3) is 0 Å². The van der Waals surface area contributed by atoms with Gasteiger partial charge in [0.1, 0.15) is 0 Å². The predicted octanol–water partition coefficient (Wildman–Crippen LogP) is 4.07. The second kappa shape index (κ2) is 5.34. The van der Waals surface area contributed by atoms with E-state index in [4.69, 9.17) is 0 Å². The zero-order valence-corrected chi connectivity index (χ0v) is 10.4. The van der Waals surface area contributed by atoms with Crippen molar-refractivity contribution < 1.29 is 35.9 Å². The minimum absolute atomic E-state index is 0.375. The van der Waals surface area contributed by atoms with Crippen LogP contribution in [0.15, 0.2) is 12.1 Å². The molecule has 8 heteroatoms. The summed E-state index contributed by atoms with van der Waals surface area (Å²) in [6.07, 6.45) is -10.4. The molecule has 0 amide bonds. The molecule has 20 heavy (non-hydrogen) atoms. The molecule has 0 heterocycles. The Morgan fingerprint density at radius 1 is 1.05 bits per heavy atom. The standard InChI is InChI=1S/C12H10F6O2/c1-3-7-8(11(13,14)15)4-6(10(19)20-2)5-9(7)12(16,17)18/h4-5H,3H2,1-2H3. The number of benzene rings is 1. The third-order valence-electron chi connectivity index (χ3n) is 2.64. The topological polar surface area (TPSA) is 26.3 Å². The number of carbonyl (C=O) groups excluding carboxylic acids is 1. The van der Waals surface area contributed by atoms with Crippen LogP contribution in [0.3, 0.4) is 0 Å². The molecule has 0 aliphatic rings. The fraction of sp³-hybridized carbons (Fsp3) is 0.417. The highest BCUT2D eigenvalue weighted by Gasteiger charge is 2.41. The zero-order chi connectivity index (χ0) is 15.7. The highest BCUT2D eigenvalue weighted by atomic mass is 19.4. The van der Waals surface area contributed by atoms with E-state index in [1.165, 1.54) is 6.92 Å². The van der Waals surface area contributed by atoms with Crippen LogP contribution in [0.25, 0.3) is 0 Å². The summed E-state index contributed by atoms with van der Waals surface area (Å²) in [5.41, 5.74) is -4.63. The van der Waals surface area contributed by atoms with Gasteiger partial charge in [0.2, 0.25) is 0 Å². The number of rotatable bonds is 2. The summed E-state index contributed by atoms with van der Waals surface area (Å²) in [7, 11) is 0.872. The van der Waals surface area contributed by atoms with E-state index in [1.807, 2.05) is 0 Å². The van der Waals surface area contributed by atoms with E-state index in [0.29, 0.717) is 12.1 Å². The number of hydrogen-bond donors (Lipinski definition) is 0. The lowest BCUT2D eigenvalue weighted by Crippen LogP contribution is -2.18. The van der Waals surface area contributed by atoms with Gasteiger partial charge in [0.15, 0.2) is 0 Å². The molecule has 1 rings (SSSR count). The Kier molecular flexibility index (Phi) is 4.36. The maximum absolute atomic E-state index is 12.8. The molecular weight excluding hydrogens is 290 g/mol. The molecule has 0 saturated heterocycles. The van der Waals surface area contributed by atoms with Crippen molar-refractivity contribution in [2.24, 2.45) is 0 Å². The van der Waals surface area contributed by atoms with Crippen LogP contribution in [0.2, 0.25) is 0 Å². The third-order valence-corrected chi connectivity index (χ3v) is 2.64. The van der Waals surface area contributed by atoms with Gasteiger partial charge in [-0.25, -0.2) is 4.79 Å². The number of halogens is 6. The Morgan fingerprint density at radius 3 is 1.70 bits per heavy atom. The van der Waals surface area contributed by atoms with E-state index in [0.717, 1.165) is 7.11 Å². The zero-order valence-electron chi connectivity index (χ0n) is 10.4. The smallest absolute Gasteiger partial charge is 0.416 e. The van der Waals surface area contributed by atoms with Crippen LogP contribution in [0, 0.1) is 0 Å². The van der Waals surface area contributed by atoms with Gasteiger partial charge in [0.05, 0.1) is 23.8 Å². The molecule has 0 N–H and O–H groups in total. The Bertz CT molecular complexity index is 481. The second-order valence-corrected chi connectivity index (χ2v) is 3.89. The second-order valence-electron chi connectivity index (χ2n) is 3.89. The van der Waals surface area contributed by atoms with Crippen LogP contribution in [0.1, 0.15) is 34.0 Å². The van der Waals surface area contributed by atoms with Gasteiger partial charge in [-0.2, -0.15) is 26.3 Å². The first-order valence-electron chi connectivity index (χ1n) is 5.42. The maximum Gasteiger partial charge on any atom is 0.416 e. The van der Waals surface area contributed by atoms with Crippen LogP contribution < -0.4 is 0 Å². The summed E-state index contributed by atoms with van der Waals surface area (Å²) >= 11 is 0. The highest BCUT2D eigenvalue weighted by Crippen LogP contribution is 2.40. The van der Waals surface area contributed by atoms with E-state index < -0.39 is 47.0 Å². The monoisotopic (exact) mass is 300 g/mol. The average molecular weight is 300 g/mol. The largest absolute Gasteiger partial charge is 0.465 e. The lowest BCUT2D eigenvalue weighted by Gasteiger charge is -2.19. The van der Waals surface area contributed by atoms with Crippen molar-refractivity contribution in [2.75, 3.05) is 7.11 Å². The summed E-state index contributed by atoms with van der Waals surface area (Å²) in [4.78, 5) is 11.2. The molecule has 0 saturated carbocycles. The molecule has 1 aromatic rings. The number of carbonyl (C=O) groups is 1. The van der Waals surface area contributed by atoms with E-state index >= 15 is 0 Å². The maximum atomic E-state index is 12.8. The molecule has 0 unspecified atom stereocenters. The molecule has 2 nitrogen and oxygen atoms in total. The molecule has 0 atom stereocenters. The fourth-order valence-corrected chi connectivity index (χ4v) is 1.79. The van der Waals surface area contributed by atoms with Crippen molar-refractivity contribution in [1.82, 2.24) is 0 Å². The molecule has 0 spiro atoms. The number of esters is 1. The minimum Gasteiger partial charge on any atom is -0.465 e. The quantitative estimate of drug-likeness (QED) is 0.608. The van der Waals surface area contributed by atoms with Gasteiger partial charge in [0, 0.05) is 0 Å². The lowest BCUT2D eigenvalue weighted by molar-refractivity contribution is -0.144. The first kappa shape index (κ1) is 16.3. The molecule has 0 aromatic heterocycles. The van der Waals surface area contributed by atoms with E-state index in [9.17, 15) is 31.1 Å². The van der Waals surface area contributed by atoms with Gasteiger partial charge in [-0.3, -0.25) is 0 Å². The first-order valence-corrected chi connectivity index (χ1v) is 5.42. The van der Waals surface area contributed by atoms with E-state index in [1.54, 1.807) is 0 Å². The SMILES string of the molecule is CCc1c(C(F)(F)F)cc(C(=O)OC)cc1C(F)(F)F. The molecule has 0 aliphatic heterocycles. The van der Waals surface area contributed by atoms with Crippen LogP contribution in [0.4, 0.5) is 26.3 Å². The average Bonchev–Trinajstić information content (AvgIpc) is 2.33. The molecule has 0 aliphatic carbocycles. The Labute approximate surface area is 110 Å². The number of methoxy groups -OCH3 is 1. The van der Waals surface area contributed by atoms with Gasteiger partial charge >= 0.3 is 18.3 Å². The van der Waals surface area contributed by atoms with Gasteiger partial charge in [-0.05, 0) is 24.1 Å². The van der Waals surface area contributed by atoms with Crippen molar-refractivity contribution in [3.05, 3.63) is 34.4 Å². The van der Waals surface area contributed by atoms with Crippen LogP contribution in [0.5, 0.6) is 0 Å². The van der Waals surface area contributed by atoms with Crippen molar-refractivity contribution in [2.45, 2.75) is 25.7 Å². The normalized spacial score (nSPS) is 12.4. The lowest BCUT2D eigenvalue weighted by atomic mass is 9.95. The summed E-state index contributed by atoms with van der Waals surface area (Å²) in [5.74, 6) is -1.26. The highest BCUT2D eigenvalue weighted by molar-refractivity contribution is 5.90. The molecule has 112 valence electrons. The summed E-state index contributed by atoms with van der Waals surface area (Å²) < 4.78 is 81.2. The van der Waals surface area contributed by atoms with Gasteiger partial charge < -0.3 is 4.74 Å². The Balaban J connectivity index is 3.70. The van der Waals surface area contributed by atoms with Crippen LogP contribution in [-0.2, 0) is 23.5 Å². The molecule has 0 radical (unpaired) electrons. The van der Waals surface area contributed by atoms with E-state index in [2.05, 4.69) is 4.74 Å². The minimum atomic E-state index is -4.99. The van der Waals surface area contributed by atoms with Crippen molar-refractivity contribution >= 4 is 5.97 Å². The van der Waals surface area contributed by atoms with Gasteiger partial charge in [-0.15, -0.1) is 0 Å². The van der Waals surface area contributed by atoms with E-state index in [-0.39, 0.29) is 0 Å². The van der Waals surface area contributed by atoms with Crippen molar-refractivity contribution in [3.63, 3.8) is 0 Å². The molecule has 0 fully saturated rings. The molecule has 1 aromatic carbocycles. The molecular formula is C12H10F6O2. The van der Waals surface area contributed by atoms with Gasteiger partial charge in [-0.1, -0.05) is 6.92 Å². The summed E-state index contributed by atoms with van der Waals surface area (Å²) in [6.45, 7) is 1.18. The number of ether oxygens (including phenoxy) is 1.